The molecule has 37 heavy (non-hydrogen) atoms. The van der Waals surface area contributed by atoms with Crippen LogP contribution in [0.1, 0.15) is 79.6 Å². The van der Waals surface area contributed by atoms with Gasteiger partial charge in [-0.2, -0.15) is 0 Å². The second-order valence-electron chi connectivity index (χ2n) is 14.6. The molecule has 0 amide bonds. The van der Waals surface area contributed by atoms with Crippen LogP contribution in [-0.2, 0) is 23.9 Å². The molecule has 7 rings (SSSR count). The van der Waals surface area contributed by atoms with Crippen LogP contribution in [0.5, 0.6) is 0 Å². The van der Waals surface area contributed by atoms with E-state index in [2.05, 4.69) is 32.6 Å². The molecule has 1 spiro atoms. The topological polar surface area (TPSA) is 93.1 Å². The lowest BCUT2D eigenvalue weighted by atomic mass is 9.33. The highest BCUT2D eigenvalue weighted by atomic mass is 16.6. The summed E-state index contributed by atoms with van der Waals surface area (Å²) >= 11 is 0. The summed E-state index contributed by atoms with van der Waals surface area (Å²) in [5.41, 5.74) is -1.92. The molecule has 6 fully saturated rings. The molecule has 7 heteroatoms. The van der Waals surface area contributed by atoms with E-state index in [1.807, 2.05) is 6.92 Å². The van der Waals surface area contributed by atoms with Crippen LogP contribution in [0.4, 0.5) is 0 Å². The van der Waals surface area contributed by atoms with Crippen molar-refractivity contribution in [2.45, 2.75) is 97.1 Å². The van der Waals surface area contributed by atoms with Crippen LogP contribution < -0.4 is 0 Å². The van der Waals surface area contributed by atoms with Crippen LogP contribution in [0.3, 0.4) is 0 Å². The van der Waals surface area contributed by atoms with Crippen molar-refractivity contribution in [1.82, 2.24) is 4.90 Å². The highest BCUT2D eigenvalue weighted by Crippen LogP contribution is 2.78. The molecule has 4 heterocycles. The zero-order valence-electron chi connectivity index (χ0n) is 22.8. The normalized spacial score (nSPS) is 56.5. The Bertz CT molecular complexity index is 1150. The highest BCUT2D eigenvalue weighted by molar-refractivity contribution is 6.00. The van der Waals surface area contributed by atoms with Crippen molar-refractivity contribution in [3.05, 3.63) is 11.6 Å². The van der Waals surface area contributed by atoms with Gasteiger partial charge in [-0.3, -0.25) is 14.4 Å². The summed E-state index contributed by atoms with van der Waals surface area (Å²) in [5.74, 6) is -1.48. The fourth-order valence-electron chi connectivity index (χ4n) is 11.3. The molecule has 1 N–H and O–H groups in total. The molecule has 2 saturated carbocycles. The third-order valence-electron chi connectivity index (χ3n) is 12.7. The molecule has 4 bridgehead atoms. The van der Waals surface area contributed by atoms with Crippen LogP contribution >= 0.6 is 0 Å². The number of Topliss-reactive ketones (excluding diaryl/α,β-unsaturated/α-hetero) is 1. The van der Waals surface area contributed by atoms with E-state index >= 15 is 0 Å². The average molecular weight is 512 g/mol. The maximum atomic E-state index is 14.4. The first-order valence-electron chi connectivity index (χ1n) is 14.4. The Kier molecular flexibility index (Phi) is 4.72. The Morgan fingerprint density at radius 1 is 1.16 bits per heavy atom. The molecule has 7 nitrogen and oxygen atoms in total. The SMILES string of the molecule is CC1=CC(=O)[C@@H]2[C@@H](C1)[C@]1(C)C[C@@]34OC(=O)C[C@@](C)([C@H]1C(=O)[C@@H]2CO)[C@]3(C)CCC12C[C@@H](C)C[C@H](CN14)O2. The molecule has 11 atom stereocenters. The van der Waals surface area contributed by atoms with Gasteiger partial charge in [-0.1, -0.05) is 33.3 Å². The van der Waals surface area contributed by atoms with Gasteiger partial charge in [-0.05, 0) is 67.8 Å². The van der Waals surface area contributed by atoms with Crippen LogP contribution in [0.15, 0.2) is 11.6 Å². The molecule has 4 saturated heterocycles. The molecular weight excluding hydrogens is 470 g/mol. The minimum Gasteiger partial charge on any atom is -0.443 e. The van der Waals surface area contributed by atoms with Crippen molar-refractivity contribution in [1.29, 1.82) is 0 Å². The molecule has 4 aliphatic heterocycles. The van der Waals surface area contributed by atoms with Crippen molar-refractivity contribution in [3.63, 3.8) is 0 Å². The van der Waals surface area contributed by atoms with Crippen LogP contribution in [0.25, 0.3) is 0 Å². The van der Waals surface area contributed by atoms with E-state index in [1.54, 1.807) is 6.08 Å². The Balaban J connectivity index is 1.46. The van der Waals surface area contributed by atoms with Crippen molar-refractivity contribution in [2.24, 2.45) is 45.8 Å². The Morgan fingerprint density at radius 3 is 2.65 bits per heavy atom. The van der Waals surface area contributed by atoms with Gasteiger partial charge in [0.15, 0.2) is 11.5 Å². The van der Waals surface area contributed by atoms with Gasteiger partial charge >= 0.3 is 5.97 Å². The molecule has 0 aromatic heterocycles. The van der Waals surface area contributed by atoms with Crippen molar-refractivity contribution >= 4 is 17.5 Å². The molecule has 1 unspecified atom stereocenters. The lowest BCUT2D eigenvalue weighted by Crippen LogP contribution is -2.83. The van der Waals surface area contributed by atoms with Crippen LogP contribution in [-0.4, -0.2) is 58.2 Å². The van der Waals surface area contributed by atoms with Crippen molar-refractivity contribution in [3.8, 4) is 0 Å². The van der Waals surface area contributed by atoms with E-state index in [0.717, 1.165) is 44.2 Å². The minimum atomic E-state index is -0.881. The predicted octanol–water partition coefficient (Wildman–Crippen LogP) is 3.63. The molecule has 3 aliphatic carbocycles. The highest BCUT2D eigenvalue weighted by Gasteiger charge is 2.83. The van der Waals surface area contributed by atoms with E-state index in [0.29, 0.717) is 12.3 Å². The first-order valence-corrected chi connectivity index (χ1v) is 14.4. The molecule has 0 radical (unpaired) electrons. The van der Waals surface area contributed by atoms with Gasteiger partial charge in [0.1, 0.15) is 11.5 Å². The summed E-state index contributed by atoms with van der Waals surface area (Å²) in [6.45, 7) is 11.3. The molecule has 7 aliphatic rings. The van der Waals surface area contributed by atoms with Gasteiger partial charge in [0, 0.05) is 30.2 Å². The Labute approximate surface area is 219 Å². The number of aliphatic hydroxyl groups is 1. The fraction of sp³-hybridized carbons (Fsp3) is 0.833. The summed E-state index contributed by atoms with van der Waals surface area (Å²) in [6, 6.07) is 0. The van der Waals surface area contributed by atoms with Gasteiger partial charge in [-0.25, -0.2) is 4.90 Å². The predicted molar refractivity (Wildman–Crippen MR) is 134 cm³/mol. The average Bonchev–Trinajstić information content (AvgIpc) is 3.07. The summed E-state index contributed by atoms with van der Waals surface area (Å²) in [5, 5.41) is 10.5. The summed E-state index contributed by atoms with van der Waals surface area (Å²) in [4.78, 5) is 43.8. The molecule has 0 aromatic carbocycles. The number of aliphatic hydroxyl groups excluding tert-OH is 1. The van der Waals surface area contributed by atoms with Crippen LogP contribution in [0, 0.1) is 45.8 Å². The number of nitrogens with zero attached hydrogens (tertiary/aromatic N) is 1. The van der Waals surface area contributed by atoms with E-state index < -0.39 is 45.4 Å². The number of carbonyl (C=O) groups excluding carboxylic acids is 3. The molecule has 0 aromatic rings. The number of allylic oxidation sites excluding steroid dienone is 2. The first-order chi connectivity index (χ1) is 17.3. The zero-order valence-corrected chi connectivity index (χ0v) is 22.8. The first kappa shape index (κ1) is 24.5. The summed E-state index contributed by atoms with van der Waals surface area (Å²) in [6.07, 6.45) is 6.88. The third-order valence-corrected chi connectivity index (χ3v) is 12.7. The van der Waals surface area contributed by atoms with Gasteiger partial charge in [-0.15, -0.1) is 0 Å². The van der Waals surface area contributed by atoms with E-state index in [1.165, 1.54) is 0 Å². The summed E-state index contributed by atoms with van der Waals surface area (Å²) in [7, 11) is 0. The number of hydrogen-bond acceptors (Lipinski definition) is 7. The minimum absolute atomic E-state index is 0.0232. The number of esters is 1. The lowest BCUT2D eigenvalue weighted by molar-refractivity contribution is -0.380. The second-order valence-corrected chi connectivity index (χ2v) is 14.6. The monoisotopic (exact) mass is 511 g/mol. The van der Waals surface area contributed by atoms with Gasteiger partial charge < -0.3 is 14.6 Å². The largest absolute Gasteiger partial charge is 0.443 e. The van der Waals surface area contributed by atoms with Crippen molar-refractivity contribution in [2.75, 3.05) is 13.2 Å². The Hall–Kier alpha value is -1.57. The number of fused-ring (bicyclic) bond motifs is 5. The number of ether oxygens (including phenoxy) is 2. The number of piperidine rings is 1. The van der Waals surface area contributed by atoms with E-state index in [9.17, 15) is 19.5 Å². The maximum absolute atomic E-state index is 14.4. The summed E-state index contributed by atoms with van der Waals surface area (Å²) < 4.78 is 13.4. The lowest BCUT2D eigenvalue weighted by Gasteiger charge is -2.76. The van der Waals surface area contributed by atoms with Gasteiger partial charge in [0.25, 0.3) is 0 Å². The third kappa shape index (κ3) is 2.63. The molecular formula is C30H41NO6. The van der Waals surface area contributed by atoms with Crippen molar-refractivity contribution < 1.29 is 29.0 Å². The quantitative estimate of drug-likeness (QED) is 0.538. The smallest absolute Gasteiger partial charge is 0.308 e. The molecule has 202 valence electrons. The number of carbonyl (C=O) groups is 3. The number of rotatable bonds is 1. The number of ketones is 2. The van der Waals surface area contributed by atoms with Crippen LogP contribution in [0.2, 0.25) is 0 Å². The van der Waals surface area contributed by atoms with Gasteiger partial charge in [0.05, 0.1) is 25.0 Å². The van der Waals surface area contributed by atoms with E-state index in [4.69, 9.17) is 9.47 Å². The standard InChI is InChI=1S/C30H41NO6/c1-16-9-20-23(21(33)10-16)19(14-32)24(35)25-26(20,3)15-30-28(5,27(25,4)12-22(34)37-30)6-7-29-11-17(2)8-18(36-29)13-31(29)30/h10,17-20,23,25,32H,6-9,11-15H2,1-5H3/t17-,18+,19+,20+,23-,25-,26-,27-,28-,29?,30+/m0/s1. The van der Waals surface area contributed by atoms with Gasteiger partial charge in [0.2, 0.25) is 0 Å². The van der Waals surface area contributed by atoms with E-state index in [-0.39, 0.29) is 42.6 Å². The Morgan fingerprint density at radius 2 is 1.92 bits per heavy atom. The second kappa shape index (κ2) is 7.14. The fourth-order valence-corrected chi connectivity index (χ4v) is 11.3. The number of hydrogen-bond donors (Lipinski definition) is 1. The maximum Gasteiger partial charge on any atom is 0.308 e. The zero-order chi connectivity index (χ0) is 26.3.